The Hall–Kier alpha value is -3.35. The highest BCUT2D eigenvalue weighted by atomic mass is 16.3. The summed E-state index contributed by atoms with van der Waals surface area (Å²) in [6.45, 7) is 1.69. The van der Waals surface area contributed by atoms with E-state index in [0.717, 1.165) is 25.2 Å². The van der Waals surface area contributed by atoms with Crippen LogP contribution in [0.1, 0.15) is 16.9 Å². The number of hydrogen-bond donors (Lipinski definition) is 2. The molecule has 0 saturated carbocycles. The monoisotopic (exact) mass is 363 g/mol. The number of nitrogens with zero attached hydrogens (tertiary/aromatic N) is 4. The second-order valence-corrected chi connectivity index (χ2v) is 6.69. The largest absolute Gasteiger partial charge is 0.507 e. The van der Waals surface area contributed by atoms with Crippen LogP contribution in [-0.4, -0.2) is 57.3 Å². The highest BCUT2D eigenvalue weighted by Gasteiger charge is 2.29. The number of aromatic nitrogens is 3. The molecule has 1 amide bonds. The Balaban J connectivity index is 1.47. The Labute approximate surface area is 157 Å². The molecule has 1 unspecified atom stereocenters. The third-order valence-electron chi connectivity index (χ3n) is 5.05. The zero-order chi connectivity index (χ0) is 18.8. The van der Waals surface area contributed by atoms with Crippen molar-refractivity contribution in [1.29, 1.82) is 0 Å². The van der Waals surface area contributed by atoms with Crippen LogP contribution < -0.4 is 4.90 Å². The number of aromatic amines is 1. The number of hydrogen-bond acceptors (Lipinski definition) is 5. The molecule has 0 radical (unpaired) electrons. The Morgan fingerprint density at radius 3 is 2.81 bits per heavy atom. The van der Waals surface area contributed by atoms with Crippen molar-refractivity contribution in [3.63, 3.8) is 0 Å². The minimum absolute atomic E-state index is 0.106. The van der Waals surface area contributed by atoms with E-state index in [1.165, 1.54) is 0 Å². The SMILES string of the molecule is CN(C(=O)c1cc(-c2ccccc2O)n[nH]1)C1CCN(c2ccncc2)C1. The van der Waals surface area contributed by atoms with Crippen LogP contribution >= 0.6 is 0 Å². The summed E-state index contributed by atoms with van der Waals surface area (Å²) in [4.78, 5) is 20.9. The van der Waals surface area contributed by atoms with E-state index in [1.807, 2.05) is 25.2 Å². The van der Waals surface area contributed by atoms with E-state index < -0.39 is 0 Å². The van der Waals surface area contributed by atoms with Crippen molar-refractivity contribution >= 4 is 11.6 Å². The smallest absolute Gasteiger partial charge is 0.271 e. The van der Waals surface area contributed by atoms with E-state index in [1.54, 1.807) is 41.6 Å². The fraction of sp³-hybridized carbons (Fsp3) is 0.250. The van der Waals surface area contributed by atoms with E-state index in [4.69, 9.17) is 0 Å². The van der Waals surface area contributed by atoms with Gasteiger partial charge in [0.15, 0.2) is 0 Å². The molecule has 2 N–H and O–H groups in total. The minimum atomic E-state index is -0.106. The van der Waals surface area contributed by atoms with E-state index in [-0.39, 0.29) is 17.7 Å². The number of amides is 1. The van der Waals surface area contributed by atoms with Crippen molar-refractivity contribution < 1.29 is 9.90 Å². The molecule has 138 valence electrons. The number of nitrogens with one attached hydrogen (secondary N) is 1. The second kappa shape index (κ2) is 7.11. The van der Waals surface area contributed by atoms with Gasteiger partial charge in [0.25, 0.3) is 5.91 Å². The van der Waals surface area contributed by atoms with Crippen LogP contribution in [0.15, 0.2) is 54.9 Å². The van der Waals surface area contributed by atoms with Gasteiger partial charge in [-0.3, -0.25) is 14.9 Å². The summed E-state index contributed by atoms with van der Waals surface area (Å²) >= 11 is 0. The van der Waals surface area contributed by atoms with Crippen LogP contribution in [-0.2, 0) is 0 Å². The zero-order valence-electron chi connectivity index (χ0n) is 15.0. The van der Waals surface area contributed by atoms with Crippen molar-refractivity contribution in [2.75, 3.05) is 25.0 Å². The van der Waals surface area contributed by atoms with Crippen LogP contribution in [0, 0.1) is 0 Å². The normalized spacial score (nSPS) is 16.5. The summed E-state index contributed by atoms with van der Waals surface area (Å²) in [7, 11) is 1.82. The zero-order valence-corrected chi connectivity index (χ0v) is 15.0. The van der Waals surface area contributed by atoms with Gasteiger partial charge < -0.3 is 14.9 Å². The maximum atomic E-state index is 12.9. The quantitative estimate of drug-likeness (QED) is 0.744. The summed E-state index contributed by atoms with van der Waals surface area (Å²) < 4.78 is 0. The average molecular weight is 363 g/mol. The lowest BCUT2D eigenvalue weighted by Gasteiger charge is -2.25. The number of benzene rings is 1. The Kier molecular flexibility index (Phi) is 4.50. The molecule has 1 aromatic carbocycles. The third kappa shape index (κ3) is 3.36. The van der Waals surface area contributed by atoms with E-state index in [2.05, 4.69) is 20.1 Å². The molecule has 7 nitrogen and oxygen atoms in total. The highest BCUT2D eigenvalue weighted by Crippen LogP contribution is 2.28. The maximum Gasteiger partial charge on any atom is 0.271 e. The highest BCUT2D eigenvalue weighted by molar-refractivity contribution is 5.93. The number of aromatic hydroxyl groups is 1. The number of anilines is 1. The Morgan fingerprint density at radius 1 is 1.26 bits per heavy atom. The first-order valence-electron chi connectivity index (χ1n) is 8.89. The first-order chi connectivity index (χ1) is 13.1. The molecule has 7 heteroatoms. The van der Waals surface area contributed by atoms with Crippen LogP contribution in [0.4, 0.5) is 5.69 Å². The van der Waals surface area contributed by atoms with Gasteiger partial charge in [-0.2, -0.15) is 5.10 Å². The Morgan fingerprint density at radius 2 is 2.04 bits per heavy atom. The molecule has 2 aromatic heterocycles. The van der Waals surface area contributed by atoms with Crippen LogP contribution in [0.25, 0.3) is 11.3 Å². The fourth-order valence-electron chi connectivity index (χ4n) is 3.46. The Bertz CT molecular complexity index is 940. The molecular weight excluding hydrogens is 342 g/mol. The lowest BCUT2D eigenvalue weighted by Crippen LogP contribution is -2.39. The average Bonchev–Trinajstić information content (AvgIpc) is 3.38. The van der Waals surface area contributed by atoms with Gasteiger partial charge in [0.2, 0.25) is 0 Å². The van der Waals surface area contributed by atoms with Crippen molar-refractivity contribution in [2.45, 2.75) is 12.5 Å². The number of para-hydroxylation sites is 1. The van der Waals surface area contributed by atoms with Crippen molar-refractivity contribution in [3.05, 3.63) is 60.6 Å². The molecule has 1 atom stereocenters. The number of carbonyl (C=O) groups excluding carboxylic acids is 1. The number of carbonyl (C=O) groups is 1. The van der Waals surface area contributed by atoms with Gasteiger partial charge in [0, 0.05) is 43.8 Å². The molecule has 27 heavy (non-hydrogen) atoms. The lowest BCUT2D eigenvalue weighted by atomic mass is 10.1. The number of rotatable bonds is 4. The summed E-state index contributed by atoms with van der Waals surface area (Å²) in [6, 6.07) is 12.7. The van der Waals surface area contributed by atoms with Crippen LogP contribution in [0.5, 0.6) is 5.75 Å². The lowest BCUT2D eigenvalue weighted by molar-refractivity contribution is 0.0739. The van der Waals surface area contributed by atoms with Crippen molar-refractivity contribution in [1.82, 2.24) is 20.1 Å². The summed E-state index contributed by atoms with van der Waals surface area (Å²) in [6.07, 6.45) is 4.47. The van der Waals surface area contributed by atoms with Gasteiger partial charge >= 0.3 is 0 Å². The molecule has 3 aromatic rings. The first kappa shape index (κ1) is 17.1. The van der Waals surface area contributed by atoms with Crippen LogP contribution in [0.2, 0.25) is 0 Å². The van der Waals surface area contributed by atoms with Crippen molar-refractivity contribution in [2.24, 2.45) is 0 Å². The molecular formula is C20H21N5O2. The first-order valence-corrected chi connectivity index (χ1v) is 8.89. The maximum absolute atomic E-state index is 12.9. The van der Waals surface area contributed by atoms with Gasteiger partial charge in [-0.05, 0) is 36.8 Å². The number of phenolic OH excluding ortho intramolecular Hbond substituents is 1. The van der Waals surface area contributed by atoms with Gasteiger partial charge in [-0.25, -0.2) is 0 Å². The molecule has 0 bridgehead atoms. The molecule has 1 aliphatic rings. The number of phenols is 1. The number of likely N-dealkylation sites (N-methyl/N-ethyl adjacent to an activating group) is 1. The summed E-state index contributed by atoms with van der Waals surface area (Å²) in [5.41, 5.74) is 2.68. The molecule has 0 aliphatic carbocycles. The molecule has 0 spiro atoms. The molecule has 4 rings (SSSR count). The second-order valence-electron chi connectivity index (χ2n) is 6.69. The standard InChI is InChI=1S/C20H21N5O2/c1-24(15-8-11-25(13-15)14-6-9-21-10-7-14)20(27)18-12-17(22-23-18)16-4-2-3-5-19(16)26/h2-7,9-10,12,15,26H,8,11,13H2,1H3,(H,22,23). The number of pyridine rings is 1. The van der Waals surface area contributed by atoms with E-state index >= 15 is 0 Å². The topological polar surface area (TPSA) is 85.3 Å². The minimum Gasteiger partial charge on any atom is -0.507 e. The number of H-pyrrole nitrogens is 1. The predicted octanol–water partition coefficient (Wildman–Crippen LogP) is 2.53. The predicted molar refractivity (Wildman–Crippen MR) is 103 cm³/mol. The fourth-order valence-corrected chi connectivity index (χ4v) is 3.46. The van der Waals surface area contributed by atoms with Gasteiger partial charge in [-0.1, -0.05) is 12.1 Å². The summed E-state index contributed by atoms with van der Waals surface area (Å²) in [5.74, 6) is 0.0332. The molecule has 1 aliphatic heterocycles. The third-order valence-corrected chi connectivity index (χ3v) is 5.05. The van der Waals surface area contributed by atoms with Gasteiger partial charge in [-0.15, -0.1) is 0 Å². The van der Waals surface area contributed by atoms with Crippen molar-refractivity contribution in [3.8, 4) is 17.0 Å². The van der Waals surface area contributed by atoms with E-state index in [9.17, 15) is 9.90 Å². The van der Waals surface area contributed by atoms with E-state index in [0.29, 0.717) is 17.0 Å². The van der Waals surface area contributed by atoms with Crippen LogP contribution in [0.3, 0.4) is 0 Å². The molecule has 1 saturated heterocycles. The van der Waals surface area contributed by atoms with Gasteiger partial charge in [0.1, 0.15) is 11.4 Å². The molecule has 3 heterocycles. The summed E-state index contributed by atoms with van der Waals surface area (Å²) in [5, 5.41) is 17.0. The molecule has 1 fully saturated rings. The van der Waals surface area contributed by atoms with Gasteiger partial charge in [0.05, 0.1) is 11.7 Å².